The lowest BCUT2D eigenvalue weighted by Gasteiger charge is -2.20. The van der Waals surface area contributed by atoms with Crippen molar-refractivity contribution in [2.75, 3.05) is 19.1 Å². The number of carboxylic acids is 1. The van der Waals surface area contributed by atoms with Crippen LogP contribution in [0.1, 0.15) is 10.4 Å². The Kier molecular flexibility index (Phi) is 4.29. The fourth-order valence-corrected chi connectivity index (χ4v) is 2.39. The van der Waals surface area contributed by atoms with Gasteiger partial charge in [0.1, 0.15) is 5.75 Å². The molecular weight excluding hydrogens is 322 g/mol. The van der Waals surface area contributed by atoms with Crippen molar-refractivity contribution in [1.82, 2.24) is 0 Å². The third-order valence-corrected chi connectivity index (χ3v) is 3.62. The minimum absolute atomic E-state index is 0.266. The number of carboxylic acid groups (broad SMARTS) is 1. The van der Waals surface area contributed by atoms with Gasteiger partial charge in [0.2, 0.25) is 0 Å². The van der Waals surface area contributed by atoms with Gasteiger partial charge < -0.3 is 14.7 Å². The monoisotopic (exact) mass is 335 g/mol. The van der Waals surface area contributed by atoms with Gasteiger partial charge in [0, 0.05) is 18.4 Å². The number of hydrogen-bond acceptors (Lipinski definition) is 3. The molecule has 0 atom stereocenters. The summed E-state index contributed by atoms with van der Waals surface area (Å²) in [5, 5.41) is 9.03. The molecule has 0 saturated heterocycles. The van der Waals surface area contributed by atoms with E-state index in [9.17, 15) is 4.79 Å². The number of ether oxygens (including phenoxy) is 1. The first-order valence-electron chi connectivity index (χ1n) is 5.93. The molecule has 0 unspecified atom stereocenters. The van der Waals surface area contributed by atoms with Gasteiger partial charge in [0.05, 0.1) is 17.1 Å². The van der Waals surface area contributed by atoms with Gasteiger partial charge in [-0.05, 0) is 52.3 Å². The standard InChI is InChI=1S/C15H14BrNO3/c1-17(11-5-3-4-10(8-11)15(18)19)12-6-7-14(20-2)13(16)9-12/h3-9H,1-2H3,(H,18,19). The Balaban J connectivity index is 2.35. The van der Waals surface area contributed by atoms with Crippen LogP contribution in [0.25, 0.3) is 0 Å². The topological polar surface area (TPSA) is 49.8 Å². The maximum Gasteiger partial charge on any atom is 0.335 e. The number of hydrogen-bond donors (Lipinski definition) is 1. The molecule has 104 valence electrons. The summed E-state index contributed by atoms with van der Waals surface area (Å²) in [6, 6.07) is 12.5. The van der Waals surface area contributed by atoms with Crippen molar-refractivity contribution in [1.29, 1.82) is 0 Å². The minimum Gasteiger partial charge on any atom is -0.496 e. The van der Waals surface area contributed by atoms with Crippen molar-refractivity contribution >= 4 is 33.3 Å². The molecule has 2 aromatic rings. The van der Waals surface area contributed by atoms with Crippen molar-refractivity contribution in [3.8, 4) is 5.75 Å². The molecule has 0 radical (unpaired) electrons. The number of nitrogens with zero attached hydrogens (tertiary/aromatic N) is 1. The zero-order chi connectivity index (χ0) is 14.7. The number of benzene rings is 2. The van der Waals surface area contributed by atoms with Gasteiger partial charge in [0.15, 0.2) is 0 Å². The molecule has 0 aliphatic carbocycles. The molecule has 1 N–H and O–H groups in total. The van der Waals surface area contributed by atoms with Crippen LogP contribution >= 0.6 is 15.9 Å². The van der Waals surface area contributed by atoms with Crippen LogP contribution in [0, 0.1) is 0 Å². The molecule has 0 aliphatic rings. The van der Waals surface area contributed by atoms with Crippen molar-refractivity contribution in [2.24, 2.45) is 0 Å². The van der Waals surface area contributed by atoms with E-state index >= 15 is 0 Å². The van der Waals surface area contributed by atoms with Gasteiger partial charge in [-0.2, -0.15) is 0 Å². The molecule has 0 spiro atoms. The van der Waals surface area contributed by atoms with Crippen LogP contribution in [-0.2, 0) is 0 Å². The molecule has 0 amide bonds. The van der Waals surface area contributed by atoms with Crippen molar-refractivity contribution in [3.05, 3.63) is 52.5 Å². The summed E-state index contributed by atoms with van der Waals surface area (Å²) >= 11 is 3.44. The highest BCUT2D eigenvalue weighted by Gasteiger charge is 2.09. The number of carbonyl (C=O) groups is 1. The predicted molar refractivity (Wildman–Crippen MR) is 82.2 cm³/mol. The first-order valence-corrected chi connectivity index (χ1v) is 6.73. The Morgan fingerprint density at radius 1 is 1.20 bits per heavy atom. The first kappa shape index (κ1) is 14.4. The van der Waals surface area contributed by atoms with Gasteiger partial charge >= 0.3 is 5.97 Å². The second-order valence-corrected chi connectivity index (χ2v) is 5.09. The van der Waals surface area contributed by atoms with E-state index in [1.807, 2.05) is 36.2 Å². The summed E-state index contributed by atoms with van der Waals surface area (Å²) in [6.45, 7) is 0. The Morgan fingerprint density at radius 2 is 1.90 bits per heavy atom. The van der Waals surface area contributed by atoms with Crippen molar-refractivity contribution in [2.45, 2.75) is 0 Å². The van der Waals surface area contributed by atoms with E-state index in [0.29, 0.717) is 0 Å². The normalized spacial score (nSPS) is 10.2. The summed E-state index contributed by atoms with van der Waals surface area (Å²) in [6.07, 6.45) is 0. The SMILES string of the molecule is COc1ccc(N(C)c2cccc(C(=O)O)c2)cc1Br. The molecule has 0 heterocycles. The highest BCUT2D eigenvalue weighted by Crippen LogP contribution is 2.32. The Bertz CT molecular complexity index is 643. The summed E-state index contributed by atoms with van der Waals surface area (Å²) in [5.74, 6) is -0.183. The second kappa shape index (κ2) is 5.96. The Hall–Kier alpha value is -2.01. The lowest BCUT2D eigenvalue weighted by atomic mass is 10.2. The molecule has 4 nitrogen and oxygen atoms in total. The molecule has 0 saturated carbocycles. The first-order chi connectivity index (χ1) is 9.52. The zero-order valence-electron chi connectivity index (χ0n) is 11.1. The molecule has 0 aromatic heterocycles. The van der Waals surface area contributed by atoms with Crippen LogP contribution in [-0.4, -0.2) is 25.2 Å². The molecule has 5 heteroatoms. The molecule has 2 rings (SSSR count). The number of rotatable bonds is 4. The summed E-state index contributed by atoms with van der Waals surface area (Å²) < 4.78 is 6.04. The van der Waals surface area contributed by atoms with E-state index in [2.05, 4.69) is 15.9 Å². The average Bonchev–Trinajstić information content (AvgIpc) is 2.46. The fraction of sp³-hybridized carbons (Fsp3) is 0.133. The molecule has 0 bridgehead atoms. The van der Waals surface area contributed by atoms with E-state index in [-0.39, 0.29) is 5.56 Å². The zero-order valence-corrected chi connectivity index (χ0v) is 12.7. The van der Waals surface area contributed by atoms with Crippen LogP contribution in [0.3, 0.4) is 0 Å². The summed E-state index contributed by atoms with van der Waals surface area (Å²) in [7, 11) is 3.50. The fourth-order valence-electron chi connectivity index (χ4n) is 1.86. The van der Waals surface area contributed by atoms with Crippen LogP contribution in [0.4, 0.5) is 11.4 Å². The Morgan fingerprint density at radius 3 is 2.50 bits per heavy atom. The van der Waals surface area contributed by atoms with Gasteiger partial charge in [-0.25, -0.2) is 4.79 Å². The van der Waals surface area contributed by atoms with Crippen LogP contribution < -0.4 is 9.64 Å². The molecule has 20 heavy (non-hydrogen) atoms. The minimum atomic E-state index is -0.934. The number of halogens is 1. The highest BCUT2D eigenvalue weighted by atomic mass is 79.9. The third-order valence-electron chi connectivity index (χ3n) is 3.00. The van der Waals surface area contributed by atoms with Gasteiger partial charge in [-0.3, -0.25) is 0 Å². The van der Waals surface area contributed by atoms with E-state index < -0.39 is 5.97 Å². The second-order valence-electron chi connectivity index (χ2n) is 4.23. The van der Waals surface area contributed by atoms with Crippen LogP contribution in [0.5, 0.6) is 5.75 Å². The molecular formula is C15H14BrNO3. The van der Waals surface area contributed by atoms with Crippen molar-refractivity contribution in [3.63, 3.8) is 0 Å². The number of aromatic carboxylic acids is 1. The van der Waals surface area contributed by atoms with Crippen LogP contribution in [0.2, 0.25) is 0 Å². The van der Waals surface area contributed by atoms with E-state index in [0.717, 1.165) is 21.6 Å². The van der Waals surface area contributed by atoms with E-state index in [1.165, 1.54) is 0 Å². The van der Waals surface area contributed by atoms with Crippen molar-refractivity contribution < 1.29 is 14.6 Å². The smallest absolute Gasteiger partial charge is 0.335 e. The molecule has 0 fully saturated rings. The van der Waals surface area contributed by atoms with E-state index in [4.69, 9.17) is 9.84 Å². The lowest BCUT2D eigenvalue weighted by Crippen LogP contribution is -2.10. The van der Waals surface area contributed by atoms with Gasteiger partial charge in [0.25, 0.3) is 0 Å². The Labute approximate surface area is 125 Å². The maximum absolute atomic E-state index is 11.0. The highest BCUT2D eigenvalue weighted by molar-refractivity contribution is 9.10. The quantitative estimate of drug-likeness (QED) is 0.919. The molecule has 0 aliphatic heterocycles. The average molecular weight is 336 g/mol. The summed E-state index contributed by atoms with van der Waals surface area (Å²) in [5.41, 5.74) is 2.00. The number of methoxy groups -OCH3 is 1. The lowest BCUT2D eigenvalue weighted by molar-refractivity contribution is 0.0697. The van der Waals surface area contributed by atoms with E-state index in [1.54, 1.807) is 25.3 Å². The number of anilines is 2. The van der Waals surface area contributed by atoms with Crippen LogP contribution in [0.15, 0.2) is 46.9 Å². The predicted octanol–water partition coefficient (Wildman–Crippen LogP) is 3.92. The largest absolute Gasteiger partial charge is 0.496 e. The van der Waals surface area contributed by atoms with Gasteiger partial charge in [-0.1, -0.05) is 6.07 Å². The van der Waals surface area contributed by atoms with Gasteiger partial charge in [-0.15, -0.1) is 0 Å². The maximum atomic E-state index is 11.0. The molecule has 2 aromatic carbocycles. The summed E-state index contributed by atoms with van der Waals surface area (Å²) in [4.78, 5) is 12.9. The third kappa shape index (κ3) is 2.93.